The molecule has 5 nitrogen and oxygen atoms in total. The first-order chi connectivity index (χ1) is 10.1. The van der Waals surface area contributed by atoms with Crippen LogP contribution in [0.15, 0.2) is 41.5 Å². The van der Waals surface area contributed by atoms with Crippen LogP contribution < -0.4 is 16.8 Å². The van der Waals surface area contributed by atoms with E-state index in [0.29, 0.717) is 11.8 Å². The number of likely N-dealkylation sites (tertiary alicyclic amines) is 1. The van der Waals surface area contributed by atoms with E-state index in [4.69, 9.17) is 11.5 Å². The molecule has 21 heavy (non-hydrogen) atoms. The molecule has 2 aliphatic rings. The van der Waals surface area contributed by atoms with Crippen LogP contribution in [0.1, 0.15) is 29.9 Å². The van der Waals surface area contributed by atoms with Crippen LogP contribution >= 0.6 is 0 Å². The quantitative estimate of drug-likeness (QED) is 0.758. The summed E-state index contributed by atoms with van der Waals surface area (Å²) < 4.78 is 0. The van der Waals surface area contributed by atoms with E-state index in [1.54, 1.807) is 12.3 Å². The predicted octanol–water partition coefficient (Wildman–Crippen LogP) is 1.04. The van der Waals surface area contributed by atoms with E-state index < -0.39 is 5.79 Å². The van der Waals surface area contributed by atoms with Crippen LogP contribution in [-0.4, -0.2) is 30.9 Å². The van der Waals surface area contributed by atoms with E-state index in [1.165, 1.54) is 31.5 Å². The third kappa shape index (κ3) is 2.94. The van der Waals surface area contributed by atoms with Gasteiger partial charge in [-0.05, 0) is 50.5 Å². The van der Waals surface area contributed by atoms with Crippen molar-refractivity contribution in [1.82, 2.24) is 10.2 Å². The molecule has 112 valence electrons. The summed E-state index contributed by atoms with van der Waals surface area (Å²) in [7, 11) is 2.18. The van der Waals surface area contributed by atoms with Gasteiger partial charge in [-0.3, -0.25) is 5.73 Å². The molecule has 1 fully saturated rings. The average molecular weight is 285 g/mol. The van der Waals surface area contributed by atoms with Crippen LogP contribution in [0.2, 0.25) is 0 Å². The van der Waals surface area contributed by atoms with Crippen LogP contribution in [0, 0.1) is 0 Å². The second-order valence-electron chi connectivity index (χ2n) is 5.98. The number of rotatable bonds is 2. The lowest BCUT2D eigenvalue weighted by Crippen LogP contribution is -2.49. The number of amidine groups is 1. The molecule has 2 aliphatic heterocycles. The van der Waals surface area contributed by atoms with Gasteiger partial charge in [-0.1, -0.05) is 24.3 Å². The van der Waals surface area contributed by atoms with E-state index in [1.807, 2.05) is 0 Å². The maximum absolute atomic E-state index is 6.28. The number of nitrogens with zero attached hydrogens (tertiary/aromatic N) is 2. The maximum atomic E-state index is 6.28. The number of piperidine rings is 1. The smallest absolute Gasteiger partial charge is 0.211 e. The van der Waals surface area contributed by atoms with Gasteiger partial charge in [-0.25, -0.2) is 4.99 Å². The highest BCUT2D eigenvalue weighted by Gasteiger charge is 2.27. The van der Waals surface area contributed by atoms with Gasteiger partial charge in [0.2, 0.25) is 5.79 Å². The summed E-state index contributed by atoms with van der Waals surface area (Å²) >= 11 is 0. The van der Waals surface area contributed by atoms with Gasteiger partial charge in [0.25, 0.3) is 0 Å². The van der Waals surface area contributed by atoms with Gasteiger partial charge < -0.3 is 16.0 Å². The Kier molecular flexibility index (Phi) is 3.69. The minimum atomic E-state index is -0.954. The Morgan fingerprint density at radius 2 is 1.90 bits per heavy atom. The third-order valence-corrected chi connectivity index (χ3v) is 4.40. The molecule has 0 spiro atoms. The molecular weight excluding hydrogens is 262 g/mol. The molecule has 0 aromatic heterocycles. The first-order valence-corrected chi connectivity index (χ1v) is 7.44. The SMILES string of the molecule is CN1CCC(c2ccc(C3(N)N=C(N)C=CN3)cc2)CC1. The molecular formula is C16H23N5. The van der Waals surface area contributed by atoms with E-state index in [9.17, 15) is 0 Å². The first kappa shape index (κ1) is 14.1. The van der Waals surface area contributed by atoms with E-state index in [-0.39, 0.29) is 0 Å². The van der Waals surface area contributed by atoms with Crippen LogP contribution in [0.25, 0.3) is 0 Å². The van der Waals surface area contributed by atoms with E-state index in [2.05, 4.69) is 46.5 Å². The van der Waals surface area contributed by atoms with Crippen LogP contribution in [0.5, 0.6) is 0 Å². The van der Waals surface area contributed by atoms with Gasteiger partial charge in [0.15, 0.2) is 0 Å². The average Bonchev–Trinajstić information content (AvgIpc) is 2.48. The molecule has 3 rings (SSSR count). The molecule has 0 aliphatic carbocycles. The second-order valence-corrected chi connectivity index (χ2v) is 5.98. The lowest BCUT2D eigenvalue weighted by atomic mass is 9.88. The molecule has 2 heterocycles. The summed E-state index contributed by atoms with van der Waals surface area (Å²) in [4.78, 5) is 6.69. The predicted molar refractivity (Wildman–Crippen MR) is 85.7 cm³/mol. The van der Waals surface area contributed by atoms with Crippen LogP contribution in [-0.2, 0) is 5.79 Å². The molecule has 1 aromatic rings. The van der Waals surface area contributed by atoms with Crippen molar-refractivity contribution in [3.8, 4) is 0 Å². The molecule has 1 saturated heterocycles. The molecule has 1 aromatic carbocycles. The molecule has 0 radical (unpaired) electrons. The Bertz CT molecular complexity index is 555. The Morgan fingerprint density at radius 1 is 1.24 bits per heavy atom. The molecule has 0 amide bonds. The van der Waals surface area contributed by atoms with Gasteiger partial charge in [0.05, 0.1) is 0 Å². The largest absolute Gasteiger partial charge is 0.384 e. The molecule has 5 N–H and O–H groups in total. The molecule has 0 bridgehead atoms. The van der Waals surface area contributed by atoms with Crippen molar-refractivity contribution >= 4 is 5.84 Å². The zero-order chi connectivity index (χ0) is 14.9. The van der Waals surface area contributed by atoms with E-state index in [0.717, 1.165) is 5.56 Å². The Balaban J connectivity index is 1.77. The number of benzene rings is 1. The highest BCUT2D eigenvalue weighted by atomic mass is 15.3. The standard InChI is InChI=1S/C16H23N5/c1-21-10-7-13(8-11-21)12-2-4-14(5-3-12)16(18)19-9-6-15(17)20-16/h2-6,9,13,19H,7-8,10-11,18H2,1H3,(H2,17,20). The summed E-state index contributed by atoms with van der Waals surface area (Å²) in [5.74, 6) is 0.136. The minimum Gasteiger partial charge on any atom is -0.384 e. The van der Waals surface area contributed by atoms with Crippen molar-refractivity contribution in [3.05, 3.63) is 47.7 Å². The number of nitrogens with two attached hydrogens (primary N) is 2. The molecule has 1 atom stereocenters. The lowest BCUT2D eigenvalue weighted by molar-refractivity contribution is 0.255. The summed E-state index contributed by atoms with van der Waals surface area (Å²) in [6.45, 7) is 2.33. The number of nitrogens with one attached hydrogen (secondary N) is 1. The fourth-order valence-electron chi connectivity index (χ4n) is 3.03. The fourth-order valence-corrected chi connectivity index (χ4v) is 3.03. The van der Waals surface area contributed by atoms with Crippen molar-refractivity contribution in [2.45, 2.75) is 24.5 Å². The van der Waals surface area contributed by atoms with Crippen molar-refractivity contribution < 1.29 is 0 Å². The summed E-state index contributed by atoms with van der Waals surface area (Å²) in [5.41, 5.74) is 14.3. The second kappa shape index (κ2) is 5.50. The Labute approximate surface area is 125 Å². The number of hydrogen-bond acceptors (Lipinski definition) is 5. The zero-order valence-electron chi connectivity index (χ0n) is 12.4. The van der Waals surface area contributed by atoms with Gasteiger partial charge in [-0.2, -0.15) is 0 Å². The van der Waals surface area contributed by atoms with Crippen molar-refractivity contribution in [2.24, 2.45) is 16.5 Å². The molecule has 1 unspecified atom stereocenters. The molecule has 0 saturated carbocycles. The van der Waals surface area contributed by atoms with Crippen molar-refractivity contribution in [3.63, 3.8) is 0 Å². The van der Waals surface area contributed by atoms with Crippen molar-refractivity contribution in [1.29, 1.82) is 0 Å². The number of hydrogen-bond donors (Lipinski definition) is 3. The Hall–Kier alpha value is -1.85. The van der Waals surface area contributed by atoms with Crippen LogP contribution in [0.3, 0.4) is 0 Å². The summed E-state index contributed by atoms with van der Waals surface area (Å²) in [6, 6.07) is 8.45. The Morgan fingerprint density at radius 3 is 2.52 bits per heavy atom. The van der Waals surface area contributed by atoms with Gasteiger partial charge >= 0.3 is 0 Å². The summed E-state index contributed by atoms with van der Waals surface area (Å²) in [6.07, 6.45) is 5.89. The zero-order valence-corrected chi connectivity index (χ0v) is 12.4. The first-order valence-electron chi connectivity index (χ1n) is 7.44. The minimum absolute atomic E-state index is 0.440. The normalized spacial score (nSPS) is 27.2. The van der Waals surface area contributed by atoms with Crippen LogP contribution in [0.4, 0.5) is 0 Å². The highest BCUT2D eigenvalue weighted by Crippen LogP contribution is 2.29. The van der Waals surface area contributed by atoms with Crippen molar-refractivity contribution in [2.75, 3.05) is 20.1 Å². The number of aliphatic imine (C=N–C) groups is 1. The van der Waals surface area contributed by atoms with Gasteiger partial charge in [0, 0.05) is 11.8 Å². The summed E-state index contributed by atoms with van der Waals surface area (Å²) in [5, 5.41) is 3.07. The maximum Gasteiger partial charge on any atom is 0.211 e. The van der Waals surface area contributed by atoms with Gasteiger partial charge in [0.1, 0.15) is 5.84 Å². The third-order valence-electron chi connectivity index (χ3n) is 4.40. The highest BCUT2D eigenvalue weighted by molar-refractivity contribution is 5.92. The molecule has 5 heteroatoms. The van der Waals surface area contributed by atoms with E-state index >= 15 is 0 Å². The monoisotopic (exact) mass is 285 g/mol. The lowest BCUT2D eigenvalue weighted by Gasteiger charge is -2.31. The van der Waals surface area contributed by atoms with Gasteiger partial charge in [-0.15, -0.1) is 0 Å². The fraction of sp³-hybridized carbons (Fsp3) is 0.438. The topological polar surface area (TPSA) is 79.7 Å².